The molecule has 1 heterocycles. The molecule has 7 heteroatoms. The molecule has 3 rings (SSSR count). The van der Waals surface area contributed by atoms with Gasteiger partial charge in [-0.05, 0) is 42.7 Å². The Bertz CT molecular complexity index is 881. The SMILES string of the molecule is Cn1c(SCC(=O)NCCCc2ccccc2)nnc1-c1ccc(F)cc1. The van der Waals surface area contributed by atoms with Crippen molar-refractivity contribution in [3.05, 3.63) is 66.0 Å². The number of halogens is 1. The summed E-state index contributed by atoms with van der Waals surface area (Å²) in [6.45, 7) is 0.647. The fourth-order valence-corrected chi connectivity index (χ4v) is 3.38. The highest BCUT2D eigenvalue weighted by Crippen LogP contribution is 2.22. The lowest BCUT2D eigenvalue weighted by molar-refractivity contribution is -0.118. The van der Waals surface area contributed by atoms with Crippen molar-refractivity contribution in [1.29, 1.82) is 0 Å². The van der Waals surface area contributed by atoms with Crippen LogP contribution in [0.15, 0.2) is 59.8 Å². The molecule has 0 unspecified atom stereocenters. The first-order valence-electron chi connectivity index (χ1n) is 8.72. The summed E-state index contributed by atoms with van der Waals surface area (Å²) in [5.74, 6) is 0.598. The van der Waals surface area contributed by atoms with Crippen LogP contribution in [0.25, 0.3) is 11.4 Å². The topological polar surface area (TPSA) is 59.8 Å². The first-order chi connectivity index (χ1) is 13.1. The lowest BCUT2D eigenvalue weighted by Gasteiger charge is -2.06. The summed E-state index contributed by atoms with van der Waals surface area (Å²) in [5.41, 5.74) is 2.05. The van der Waals surface area contributed by atoms with E-state index in [0.717, 1.165) is 18.4 Å². The minimum absolute atomic E-state index is 0.0283. The molecule has 0 bridgehead atoms. The molecule has 0 saturated carbocycles. The number of carbonyl (C=O) groups excluding carboxylic acids is 1. The highest BCUT2D eigenvalue weighted by Gasteiger charge is 2.12. The average Bonchev–Trinajstić information content (AvgIpc) is 3.05. The molecular weight excluding hydrogens is 363 g/mol. The van der Waals surface area contributed by atoms with Crippen molar-refractivity contribution in [3.8, 4) is 11.4 Å². The Morgan fingerprint density at radius 1 is 1.11 bits per heavy atom. The summed E-state index contributed by atoms with van der Waals surface area (Å²) < 4.78 is 14.9. The van der Waals surface area contributed by atoms with E-state index in [0.29, 0.717) is 17.5 Å². The third kappa shape index (κ3) is 5.40. The van der Waals surface area contributed by atoms with E-state index in [1.807, 2.05) is 25.2 Å². The van der Waals surface area contributed by atoms with Crippen molar-refractivity contribution < 1.29 is 9.18 Å². The molecule has 0 radical (unpaired) electrons. The number of aryl methyl sites for hydroxylation is 1. The predicted molar refractivity (Wildman–Crippen MR) is 105 cm³/mol. The average molecular weight is 384 g/mol. The third-order valence-electron chi connectivity index (χ3n) is 4.08. The second-order valence-electron chi connectivity index (χ2n) is 6.10. The monoisotopic (exact) mass is 384 g/mol. The fourth-order valence-electron chi connectivity index (χ4n) is 2.64. The number of hydrogen-bond donors (Lipinski definition) is 1. The lowest BCUT2D eigenvalue weighted by Crippen LogP contribution is -2.26. The van der Waals surface area contributed by atoms with Gasteiger partial charge >= 0.3 is 0 Å². The number of rotatable bonds is 8. The van der Waals surface area contributed by atoms with Gasteiger partial charge < -0.3 is 9.88 Å². The van der Waals surface area contributed by atoms with Crippen LogP contribution in [0.1, 0.15) is 12.0 Å². The van der Waals surface area contributed by atoms with E-state index in [-0.39, 0.29) is 17.5 Å². The number of nitrogens with zero attached hydrogens (tertiary/aromatic N) is 3. The van der Waals surface area contributed by atoms with E-state index in [4.69, 9.17) is 0 Å². The standard InChI is InChI=1S/C20H21FN4OS/c1-25-19(16-9-11-17(21)12-10-16)23-24-20(25)27-14-18(26)22-13-5-8-15-6-3-2-4-7-15/h2-4,6-7,9-12H,5,8,13-14H2,1H3,(H,22,26). The number of nitrogens with one attached hydrogen (secondary N) is 1. The highest BCUT2D eigenvalue weighted by atomic mass is 32.2. The van der Waals surface area contributed by atoms with Gasteiger partial charge in [0.1, 0.15) is 5.82 Å². The maximum absolute atomic E-state index is 13.1. The molecule has 0 fully saturated rings. The minimum atomic E-state index is -0.292. The highest BCUT2D eigenvalue weighted by molar-refractivity contribution is 7.99. The van der Waals surface area contributed by atoms with Gasteiger partial charge in [0, 0.05) is 19.2 Å². The number of carbonyl (C=O) groups is 1. The van der Waals surface area contributed by atoms with Crippen LogP contribution >= 0.6 is 11.8 Å². The van der Waals surface area contributed by atoms with Crippen molar-refractivity contribution in [2.45, 2.75) is 18.0 Å². The maximum atomic E-state index is 13.1. The molecule has 0 spiro atoms. The van der Waals surface area contributed by atoms with Crippen LogP contribution in [0.4, 0.5) is 4.39 Å². The van der Waals surface area contributed by atoms with Crippen LogP contribution in [0.3, 0.4) is 0 Å². The van der Waals surface area contributed by atoms with Gasteiger partial charge in [-0.3, -0.25) is 4.79 Å². The second-order valence-corrected chi connectivity index (χ2v) is 7.04. The van der Waals surface area contributed by atoms with Gasteiger partial charge in [0.25, 0.3) is 0 Å². The van der Waals surface area contributed by atoms with Crippen LogP contribution < -0.4 is 5.32 Å². The summed E-state index contributed by atoms with van der Waals surface area (Å²) in [7, 11) is 1.83. The molecule has 1 aromatic heterocycles. The molecule has 140 valence electrons. The zero-order valence-electron chi connectivity index (χ0n) is 15.1. The van der Waals surface area contributed by atoms with Crippen molar-refractivity contribution in [2.75, 3.05) is 12.3 Å². The van der Waals surface area contributed by atoms with Crippen LogP contribution in [0, 0.1) is 5.82 Å². The van der Waals surface area contributed by atoms with Gasteiger partial charge in [0.05, 0.1) is 5.75 Å². The normalized spacial score (nSPS) is 10.7. The van der Waals surface area contributed by atoms with Gasteiger partial charge in [0.15, 0.2) is 11.0 Å². The first kappa shape index (κ1) is 19.1. The molecule has 2 aromatic carbocycles. The van der Waals surface area contributed by atoms with Gasteiger partial charge in [-0.1, -0.05) is 42.1 Å². The van der Waals surface area contributed by atoms with Crippen LogP contribution in [0.2, 0.25) is 0 Å². The molecule has 5 nitrogen and oxygen atoms in total. The second kappa shape index (κ2) is 9.32. The molecular formula is C20H21FN4OS. The van der Waals surface area contributed by atoms with Crippen molar-refractivity contribution in [1.82, 2.24) is 20.1 Å². The molecule has 3 aromatic rings. The molecule has 0 aliphatic carbocycles. The summed E-state index contributed by atoms with van der Waals surface area (Å²) in [4.78, 5) is 12.0. The zero-order chi connectivity index (χ0) is 19.1. The largest absolute Gasteiger partial charge is 0.355 e. The Balaban J connectivity index is 1.44. The molecule has 0 atom stereocenters. The lowest BCUT2D eigenvalue weighted by atomic mass is 10.1. The van der Waals surface area contributed by atoms with E-state index in [1.54, 1.807) is 16.7 Å². The Hall–Kier alpha value is -2.67. The van der Waals surface area contributed by atoms with Crippen LogP contribution in [0.5, 0.6) is 0 Å². The van der Waals surface area contributed by atoms with Crippen LogP contribution in [-0.2, 0) is 18.3 Å². The molecule has 0 aliphatic heterocycles. The Labute approximate surface area is 162 Å². The van der Waals surface area contributed by atoms with Gasteiger partial charge in [-0.15, -0.1) is 10.2 Å². The van der Waals surface area contributed by atoms with E-state index >= 15 is 0 Å². The maximum Gasteiger partial charge on any atom is 0.230 e. The van der Waals surface area contributed by atoms with Crippen molar-refractivity contribution >= 4 is 17.7 Å². The van der Waals surface area contributed by atoms with Crippen LogP contribution in [-0.4, -0.2) is 33.0 Å². The zero-order valence-corrected chi connectivity index (χ0v) is 15.9. The Kier molecular flexibility index (Phi) is 6.59. The summed E-state index contributed by atoms with van der Waals surface area (Å²) in [5, 5.41) is 11.8. The fraction of sp³-hybridized carbons (Fsp3) is 0.250. The number of aromatic nitrogens is 3. The summed E-state index contributed by atoms with van der Waals surface area (Å²) in [6.07, 6.45) is 1.84. The van der Waals surface area contributed by atoms with Gasteiger partial charge in [0.2, 0.25) is 5.91 Å². The summed E-state index contributed by atoms with van der Waals surface area (Å²) in [6, 6.07) is 16.3. The summed E-state index contributed by atoms with van der Waals surface area (Å²) >= 11 is 1.33. The van der Waals surface area contributed by atoms with E-state index in [9.17, 15) is 9.18 Å². The van der Waals surface area contributed by atoms with E-state index in [2.05, 4.69) is 27.6 Å². The quantitative estimate of drug-likeness (QED) is 0.477. The smallest absolute Gasteiger partial charge is 0.230 e. The molecule has 0 saturated heterocycles. The number of thioether (sulfide) groups is 1. The number of amides is 1. The molecule has 1 amide bonds. The Morgan fingerprint density at radius 3 is 2.59 bits per heavy atom. The number of hydrogen-bond acceptors (Lipinski definition) is 4. The van der Waals surface area contributed by atoms with Gasteiger partial charge in [-0.25, -0.2) is 4.39 Å². The van der Waals surface area contributed by atoms with E-state index < -0.39 is 0 Å². The molecule has 27 heavy (non-hydrogen) atoms. The van der Waals surface area contributed by atoms with Gasteiger partial charge in [-0.2, -0.15) is 0 Å². The Morgan fingerprint density at radius 2 is 1.85 bits per heavy atom. The predicted octanol–water partition coefficient (Wildman–Crippen LogP) is 3.46. The van der Waals surface area contributed by atoms with Crippen molar-refractivity contribution in [3.63, 3.8) is 0 Å². The third-order valence-corrected chi connectivity index (χ3v) is 5.10. The number of benzene rings is 2. The van der Waals surface area contributed by atoms with E-state index in [1.165, 1.54) is 29.5 Å². The first-order valence-corrected chi connectivity index (χ1v) is 9.71. The van der Waals surface area contributed by atoms with Crippen molar-refractivity contribution in [2.24, 2.45) is 7.05 Å². The minimum Gasteiger partial charge on any atom is -0.355 e. The molecule has 0 aliphatic rings. The molecule has 1 N–H and O–H groups in total.